The van der Waals surface area contributed by atoms with Crippen molar-refractivity contribution in [2.75, 3.05) is 60.5 Å². The topological polar surface area (TPSA) is 67.2 Å². The summed E-state index contributed by atoms with van der Waals surface area (Å²) in [5, 5.41) is 20.1. The normalized spacial score (nSPS) is 20.7. The molecule has 1 heterocycles. The van der Waals surface area contributed by atoms with E-state index >= 15 is 0 Å². The molecule has 2 rings (SSSR count). The standard InChI is InChI=1S/C18H28ClN3O3/c1-20(2)6-7-21(3)9-13-10-22(11-14(13)12-23)18(25)16-5-4-15(19)8-17(16)24/h4-5,8,13-14,23-24H,6-7,9-12H2,1-3H3/t13-,14-/m1/s1. The number of aliphatic hydroxyl groups excluding tert-OH is 1. The second-order valence-corrected chi connectivity index (χ2v) is 7.58. The van der Waals surface area contributed by atoms with Crippen molar-refractivity contribution in [3.8, 4) is 5.75 Å². The third-order valence-electron chi connectivity index (χ3n) is 4.76. The van der Waals surface area contributed by atoms with Crippen LogP contribution >= 0.6 is 11.6 Å². The molecule has 1 saturated heterocycles. The van der Waals surface area contributed by atoms with Crippen LogP contribution in [0.2, 0.25) is 5.02 Å². The molecule has 2 N–H and O–H groups in total. The summed E-state index contributed by atoms with van der Waals surface area (Å²) >= 11 is 5.83. The van der Waals surface area contributed by atoms with Crippen LogP contribution < -0.4 is 0 Å². The van der Waals surface area contributed by atoms with Crippen LogP contribution in [0.25, 0.3) is 0 Å². The minimum Gasteiger partial charge on any atom is -0.507 e. The second-order valence-electron chi connectivity index (χ2n) is 7.14. The Labute approximate surface area is 154 Å². The van der Waals surface area contributed by atoms with Crippen molar-refractivity contribution in [1.82, 2.24) is 14.7 Å². The van der Waals surface area contributed by atoms with E-state index in [0.29, 0.717) is 18.1 Å². The van der Waals surface area contributed by atoms with Gasteiger partial charge in [0.2, 0.25) is 0 Å². The maximum atomic E-state index is 12.7. The summed E-state index contributed by atoms with van der Waals surface area (Å²) in [7, 11) is 6.14. The van der Waals surface area contributed by atoms with E-state index in [-0.39, 0.29) is 35.7 Å². The Balaban J connectivity index is 2.01. The van der Waals surface area contributed by atoms with E-state index in [1.165, 1.54) is 6.07 Å². The molecule has 0 aromatic heterocycles. The van der Waals surface area contributed by atoms with Gasteiger partial charge < -0.3 is 24.9 Å². The van der Waals surface area contributed by atoms with E-state index in [2.05, 4.69) is 16.8 Å². The number of likely N-dealkylation sites (tertiary alicyclic amines) is 1. The van der Waals surface area contributed by atoms with Crippen molar-refractivity contribution in [2.45, 2.75) is 0 Å². The van der Waals surface area contributed by atoms with Crippen LogP contribution in [0, 0.1) is 11.8 Å². The average Bonchev–Trinajstić information content (AvgIpc) is 2.95. The summed E-state index contributed by atoms with van der Waals surface area (Å²) in [6, 6.07) is 4.52. The zero-order valence-electron chi connectivity index (χ0n) is 15.2. The molecule has 0 radical (unpaired) electrons. The SMILES string of the molecule is CN(C)CCN(C)C[C@@H]1CN(C(=O)c2ccc(Cl)cc2O)C[C@@H]1CO. The Kier molecular flexibility index (Phi) is 7.07. The Morgan fingerprint density at radius 2 is 1.92 bits per heavy atom. The molecule has 0 spiro atoms. The third kappa shape index (κ3) is 5.31. The number of aromatic hydroxyl groups is 1. The van der Waals surface area contributed by atoms with Crippen molar-refractivity contribution in [3.05, 3.63) is 28.8 Å². The van der Waals surface area contributed by atoms with Crippen LogP contribution in [0.15, 0.2) is 18.2 Å². The Hall–Kier alpha value is -1.34. The zero-order chi connectivity index (χ0) is 18.6. The number of halogens is 1. The first-order valence-corrected chi connectivity index (χ1v) is 8.91. The highest BCUT2D eigenvalue weighted by molar-refractivity contribution is 6.30. The van der Waals surface area contributed by atoms with Crippen molar-refractivity contribution in [3.63, 3.8) is 0 Å². The van der Waals surface area contributed by atoms with Crippen LogP contribution in [0.4, 0.5) is 0 Å². The highest BCUT2D eigenvalue weighted by Crippen LogP contribution is 2.28. The lowest BCUT2D eigenvalue weighted by atomic mass is 9.96. The number of benzene rings is 1. The molecule has 0 bridgehead atoms. The summed E-state index contributed by atoms with van der Waals surface area (Å²) in [4.78, 5) is 18.8. The molecule has 2 atom stereocenters. The molecule has 1 aromatic carbocycles. The molecule has 0 aliphatic carbocycles. The highest BCUT2D eigenvalue weighted by Gasteiger charge is 2.36. The first-order valence-electron chi connectivity index (χ1n) is 8.53. The molecule has 7 heteroatoms. The molecule has 0 saturated carbocycles. The molecule has 0 unspecified atom stereocenters. The van der Waals surface area contributed by atoms with Gasteiger partial charge in [-0.25, -0.2) is 0 Å². The van der Waals surface area contributed by atoms with Crippen molar-refractivity contribution in [1.29, 1.82) is 0 Å². The molecule has 1 amide bonds. The van der Waals surface area contributed by atoms with E-state index in [1.54, 1.807) is 17.0 Å². The smallest absolute Gasteiger partial charge is 0.257 e. The lowest BCUT2D eigenvalue weighted by molar-refractivity contribution is 0.0776. The number of rotatable bonds is 7. The van der Waals surface area contributed by atoms with Crippen LogP contribution in [-0.2, 0) is 0 Å². The van der Waals surface area contributed by atoms with E-state index in [1.807, 2.05) is 14.1 Å². The quantitative estimate of drug-likeness (QED) is 0.756. The number of hydrogen-bond donors (Lipinski definition) is 2. The van der Waals surface area contributed by atoms with Gasteiger partial charge in [-0.05, 0) is 45.3 Å². The van der Waals surface area contributed by atoms with Gasteiger partial charge in [-0.2, -0.15) is 0 Å². The zero-order valence-corrected chi connectivity index (χ0v) is 15.9. The van der Waals surface area contributed by atoms with Crippen LogP contribution in [0.3, 0.4) is 0 Å². The van der Waals surface area contributed by atoms with Gasteiger partial charge in [0.15, 0.2) is 0 Å². The fraction of sp³-hybridized carbons (Fsp3) is 0.611. The molecular weight excluding hydrogens is 342 g/mol. The van der Waals surface area contributed by atoms with E-state index in [4.69, 9.17) is 11.6 Å². The van der Waals surface area contributed by atoms with Gasteiger partial charge in [-0.3, -0.25) is 4.79 Å². The van der Waals surface area contributed by atoms with Gasteiger partial charge in [-0.15, -0.1) is 0 Å². The van der Waals surface area contributed by atoms with Gasteiger partial charge in [0.25, 0.3) is 5.91 Å². The fourth-order valence-electron chi connectivity index (χ4n) is 3.24. The number of hydrogen-bond acceptors (Lipinski definition) is 5. The predicted molar refractivity (Wildman–Crippen MR) is 99.1 cm³/mol. The number of likely N-dealkylation sites (N-methyl/N-ethyl adjacent to an activating group) is 2. The number of carbonyl (C=O) groups is 1. The molecule has 6 nitrogen and oxygen atoms in total. The lowest BCUT2D eigenvalue weighted by Gasteiger charge is -2.25. The third-order valence-corrected chi connectivity index (χ3v) is 5.00. The van der Waals surface area contributed by atoms with Crippen LogP contribution in [-0.4, -0.2) is 91.3 Å². The van der Waals surface area contributed by atoms with Gasteiger partial charge in [0.1, 0.15) is 5.75 Å². The van der Waals surface area contributed by atoms with Crippen molar-refractivity contribution < 1.29 is 15.0 Å². The maximum absolute atomic E-state index is 12.7. The number of phenolic OH excluding ortho intramolecular Hbond substituents is 1. The largest absolute Gasteiger partial charge is 0.507 e. The highest BCUT2D eigenvalue weighted by atomic mass is 35.5. The minimum absolute atomic E-state index is 0.0557. The Morgan fingerprint density at radius 3 is 2.52 bits per heavy atom. The first-order chi connectivity index (χ1) is 11.8. The van der Waals surface area contributed by atoms with Crippen molar-refractivity contribution >= 4 is 17.5 Å². The number of nitrogens with zero attached hydrogens (tertiary/aromatic N) is 3. The fourth-order valence-corrected chi connectivity index (χ4v) is 3.40. The Bertz CT molecular complexity index is 597. The molecule has 1 fully saturated rings. The van der Waals surface area contributed by atoms with Gasteiger partial charge in [0.05, 0.1) is 5.56 Å². The van der Waals surface area contributed by atoms with Gasteiger partial charge >= 0.3 is 0 Å². The summed E-state index contributed by atoms with van der Waals surface area (Å²) in [5.74, 6) is -0.0496. The minimum atomic E-state index is -0.217. The average molecular weight is 370 g/mol. The molecule has 1 aliphatic heterocycles. The van der Waals surface area contributed by atoms with E-state index < -0.39 is 0 Å². The van der Waals surface area contributed by atoms with Gasteiger partial charge in [-0.1, -0.05) is 11.6 Å². The number of phenols is 1. The predicted octanol–water partition coefficient (Wildman–Crippen LogP) is 1.22. The second kappa shape index (κ2) is 8.85. The van der Waals surface area contributed by atoms with E-state index in [0.717, 1.165) is 19.6 Å². The van der Waals surface area contributed by atoms with Gasteiger partial charge in [0, 0.05) is 50.3 Å². The molecule has 1 aromatic rings. The monoisotopic (exact) mass is 369 g/mol. The van der Waals surface area contributed by atoms with Crippen LogP contribution in [0.5, 0.6) is 5.75 Å². The molecule has 140 valence electrons. The first kappa shape index (κ1) is 20.0. The molecule has 25 heavy (non-hydrogen) atoms. The maximum Gasteiger partial charge on any atom is 0.257 e. The summed E-state index contributed by atoms with van der Waals surface area (Å²) in [5.41, 5.74) is 0.253. The summed E-state index contributed by atoms with van der Waals surface area (Å²) in [6.45, 7) is 3.88. The van der Waals surface area contributed by atoms with E-state index in [9.17, 15) is 15.0 Å². The summed E-state index contributed by atoms with van der Waals surface area (Å²) < 4.78 is 0. The number of carbonyl (C=O) groups excluding carboxylic acids is 1. The lowest BCUT2D eigenvalue weighted by Crippen LogP contribution is -2.35. The summed E-state index contributed by atoms with van der Waals surface area (Å²) in [6.07, 6.45) is 0. The number of amides is 1. The molecule has 1 aliphatic rings. The van der Waals surface area contributed by atoms with Crippen LogP contribution in [0.1, 0.15) is 10.4 Å². The number of aliphatic hydroxyl groups is 1. The molecular formula is C18H28ClN3O3. The Morgan fingerprint density at radius 1 is 1.24 bits per heavy atom. The van der Waals surface area contributed by atoms with Crippen molar-refractivity contribution in [2.24, 2.45) is 11.8 Å².